The van der Waals surface area contributed by atoms with Crippen molar-refractivity contribution in [2.75, 3.05) is 20.6 Å². The molecule has 1 unspecified atom stereocenters. The van der Waals surface area contributed by atoms with Gasteiger partial charge in [0, 0.05) is 23.3 Å². The van der Waals surface area contributed by atoms with Crippen LogP contribution in [-0.4, -0.2) is 31.6 Å². The van der Waals surface area contributed by atoms with E-state index >= 15 is 0 Å². The van der Waals surface area contributed by atoms with Crippen molar-refractivity contribution in [3.8, 4) is 0 Å². The molecule has 0 amide bonds. The largest absolute Gasteiger partial charge is 0.313 e. The smallest absolute Gasteiger partial charge is 0.0481 e. The van der Waals surface area contributed by atoms with E-state index in [2.05, 4.69) is 67.8 Å². The lowest BCUT2D eigenvalue weighted by molar-refractivity contribution is 0.285. The van der Waals surface area contributed by atoms with Gasteiger partial charge < -0.3 is 10.2 Å². The van der Waals surface area contributed by atoms with E-state index in [0.29, 0.717) is 12.1 Å². The van der Waals surface area contributed by atoms with Gasteiger partial charge in [-0.05, 0) is 36.5 Å². The maximum Gasteiger partial charge on any atom is 0.0481 e. The number of thiophene rings is 1. The normalized spacial score (nSPS) is 13.7. The van der Waals surface area contributed by atoms with Gasteiger partial charge in [-0.25, -0.2) is 0 Å². The fraction of sp³-hybridized carbons (Fsp3) is 0.467. The van der Waals surface area contributed by atoms with E-state index in [0.717, 1.165) is 6.54 Å². The van der Waals surface area contributed by atoms with Crippen LogP contribution in [0.25, 0.3) is 10.1 Å². The molecule has 0 saturated carbocycles. The molecular formula is C15H22N2S. The summed E-state index contributed by atoms with van der Waals surface area (Å²) < 4.78 is 1.38. The topological polar surface area (TPSA) is 15.3 Å². The summed E-state index contributed by atoms with van der Waals surface area (Å²) in [6, 6.07) is 9.63. The lowest BCUT2D eigenvalue weighted by Crippen LogP contribution is -2.34. The standard InChI is InChI=1S/C15H22N2S/c1-11(2)16-9-14(17(3)4)13-10-18-15-8-6-5-7-12(13)15/h5-8,10-11,14,16H,9H2,1-4H3. The summed E-state index contributed by atoms with van der Waals surface area (Å²) in [5.74, 6) is 0. The third-order valence-corrected chi connectivity index (χ3v) is 4.19. The van der Waals surface area contributed by atoms with Gasteiger partial charge >= 0.3 is 0 Å². The molecule has 1 atom stereocenters. The Kier molecular flexibility index (Phi) is 4.38. The summed E-state index contributed by atoms with van der Waals surface area (Å²) in [5.41, 5.74) is 1.44. The summed E-state index contributed by atoms with van der Waals surface area (Å²) in [7, 11) is 4.30. The molecule has 2 rings (SSSR count). The van der Waals surface area contributed by atoms with Gasteiger partial charge in [0.1, 0.15) is 0 Å². The third-order valence-electron chi connectivity index (χ3n) is 3.21. The first kappa shape index (κ1) is 13.5. The minimum absolute atomic E-state index is 0.434. The molecule has 2 aromatic rings. The van der Waals surface area contributed by atoms with Crippen molar-refractivity contribution in [2.45, 2.75) is 25.9 Å². The lowest BCUT2D eigenvalue weighted by atomic mass is 10.0. The van der Waals surface area contributed by atoms with Crippen LogP contribution in [0.1, 0.15) is 25.5 Å². The SMILES string of the molecule is CC(C)NCC(c1csc2ccccc12)N(C)C. The molecule has 0 radical (unpaired) electrons. The molecule has 0 fully saturated rings. The van der Waals surface area contributed by atoms with Crippen LogP contribution in [0.2, 0.25) is 0 Å². The van der Waals surface area contributed by atoms with Gasteiger partial charge in [0.05, 0.1) is 0 Å². The summed E-state index contributed by atoms with van der Waals surface area (Å²) >= 11 is 1.84. The number of nitrogens with one attached hydrogen (secondary N) is 1. The Balaban J connectivity index is 2.30. The minimum atomic E-state index is 0.434. The number of hydrogen-bond donors (Lipinski definition) is 1. The Hall–Kier alpha value is -0.900. The number of fused-ring (bicyclic) bond motifs is 1. The first-order chi connectivity index (χ1) is 8.59. The Bertz CT molecular complexity index is 502. The zero-order valence-corrected chi connectivity index (χ0v) is 12.4. The van der Waals surface area contributed by atoms with Crippen molar-refractivity contribution in [3.63, 3.8) is 0 Å². The van der Waals surface area contributed by atoms with Crippen LogP contribution in [0.3, 0.4) is 0 Å². The van der Waals surface area contributed by atoms with Crippen LogP contribution in [0.15, 0.2) is 29.6 Å². The molecule has 1 N–H and O–H groups in total. The molecule has 0 aliphatic rings. The summed E-state index contributed by atoms with van der Waals surface area (Å²) in [4.78, 5) is 2.30. The van der Waals surface area contributed by atoms with E-state index in [4.69, 9.17) is 0 Å². The predicted molar refractivity (Wildman–Crippen MR) is 81.4 cm³/mol. The van der Waals surface area contributed by atoms with Crippen LogP contribution in [0, 0.1) is 0 Å². The molecule has 0 aliphatic carbocycles. The van der Waals surface area contributed by atoms with E-state index in [1.165, 1.54) is 15.6 Å². The van der Waals surface area contributed by atoms with Crippen LogP contribution < -0.4 is 5.32 Å². The highest BCUT2D eigenvalue weighted by molar-refractivity contribution is 7.17. The molecule has 3 heteroatoms. The van der Waals surface area contributed by atoms with E-state index in [-0.39, 0.29) is 0 Å². The van der Waals surface area contributed by atoms with Gasteiger partial charge in [0.25, 0.3) is 0 Å². The van der Waals surface area contributed by atoms with Gasteiger partial charge in [-0.1, -0.05) is 32.0 Å². The highest BCUT2D eigenvalue weighted by Crippen LogP contribution is 2.31. The van der Waals surface area contributed by atoms with Gasteiger partial charge in [0.2, 0.25) is 0 Å². The molecule has 18 heavy (non-hydrogen) atoms. The molecule has 0 saturated heterocycles. The predicted octanol–water partition coefficient (Wildman–Crippen LogP) is 3.50. The second-order valence-electron chi connectivity index (χ2n) is 5.23. The van der Waals surface area contributed by atoms with E-state index in [9.17, 15) is 0 Å². The number of rotatable bonds is 5. The Morgan fingerprint density at radius 1 is 1.22 bits per heavy atom. The quantitative estimate of drug-likeness (QED) is 0.887. The summed E-state index contributed by atoms with van der Waals surface area (Å²) in [5, 5.41) is 7.24. The molecule has 0 bridgehead atoms. The van der Waals surface area contributed by atoms with Gasteiger partial charge in [-0.15, -0.1) is 11.3 Å². The van der Waals surface area contributed by atoms with Crippen LogP contribution in [0.5, 0.6) is 0 Å². The van der Waals surface area contributed by atoms with Crippen LogP contribution in [-0.2, 0) is 0 Å². The van der Waals surface area contributed by atoms with Crippen LogP contribution in [0.4, 0.5) is 0 Å². The van der Waals surface area contributed by atoms with Crippen molar-refractivity contribution < 1.29 is 0 Å². The summed E-state index contributed by atoms with van der Waals surface area (Å²) in [6.45, 7) is 5.38. The Labute approximate surface area is 114 Å². The van der Waals surface area contributed by atoms with Gasteiger partial charge in [-0.2, -0.15) is 0 Å². The summed E-state index contributed by atoms with van der Waals surface area (Å²) in [6.07, 6.45) is 0. The maximum absolute atomic E-state index is 3.54. The molecule has 2 nitrogen and oxygen atoms in total. The van der Waals surface area contributed by atoms with Gasteiger partial charge in [-0.3, -0.25) is 0 Å². The van der Waals surface area contributed by atoms with E-state index in [1.807, 2.05) is 11.3 Å². The van der Waals surface area contributed by atoms with E-state index in [1.54, 1.807) is 0 Å². The molecule has 0 aliphatic heterocycles. The zero-order chi connectivity index (χ0) is 13.1. The van der Waals surface area contributed by atoms with Gasteiger partial charge in [0.15, 0.2) is 0 Å². The first-order valence-corrected chi connectivity index (χ1v) is 7.33. The van der Waals surface area contributed by atoms with Crippen molar-refractivity contribution in [2.24, 2.45) is 0 Å². The molecule has 0 spiro atoms. The molecule has 1 heterocycles. The Morgan fingerprint density at radius 3 is 2.61 bits per heavy atom. The molecular weight excluding hydrogens is 240 g/mol. The zero-order valence-electron chi connectivity index (χ0n) is 11.6. The second kappa shape index (κ2) is 5.83. The maximum atomic E-state index is 3.54. The average Bonchev–Trinajstić information content (AvgIpc) is 2.73. The number of nitrogens with zero attached hydrogens (tertiary/aromatic N) is 1. The number of hydrogen-bond acceptors (Lipinski definition) is 3. The fourth-order valence-corrected chi connectivity index (χ4v) is 3.18. The molecule has 1 aromatic heterocycles. The lowest BCUT2D eigenvalue weighted by Gasteiger charge is -2.25. The first-order valence-electron chi connectivity index (χ1n) is 6.45. The van der Waals surface area contributed by atoms with Crippen LogP contribution >= 0.6 is 11.3 Å². The molecule has 1 aromatic carbocycles. The minimum Gasteiger partial charge on any atom is -0.313 e. The highest BCUT2D eigenvalue weighted by atomic mass is 32.1. The fourth-order valence-electron chi connectivity index (χ4n) is 2.17. The van der Waals surface area contributed by atoms with Crippen molar-refractivity contribution in [1.82, 2.24) is 10.2 Å². The highest BCUT2D eigenvalue weighted by Gasteiger charge is 2.17. The average molecular weight is 262 g/mol. The number of likely N-dealkylation sites (N-methyl/N-ethyl adjacent to an activating group) is 1. The van der Waals surface area contributed by atoms with Crippen molar-refractivity contribution >= 4 is 21.4 Å². The second-order valence-corrected chi connectivity index (χ2v) is 6.14. The molecule has 98 valence electrons. The van der Waals surface area contributed by atoms with Crippen molar-refractivity contribution in [3.05, 3.63) is 35.2 Å². The monoisotopic (exact) mass is 262 g/mol. The van der Waals surface area contributed by atoms with E-state index < -0.39 is 0 Å². The third kappa shape index (κ3) is 2.91. The van der Waals surface area contributed by atoms with Crippen molar-refractivity contribution in [1.29, 1.82) is 0 Å². The Morgan fingerprint density at radius 2 is 1.94 bits per heavy atom. The number of benzene rings is 1.